The highest BCUT2D eigenvalue weighted by Crippen LogP contribution is 2.25. The third-order valence-corrected chi connectivity index (χ3v) is 4.03. The van der Waals surface area contributed by atoms with E-state index in [4.69, 9.17) is 4.74 Å². The lowest BCUT2D eigenvalue weighted by Gasteiger charge is -2.08. The monoisotopic (exact) mass is 376 g/mol. The van der Waals surface area contributed by atoms with Crippen LogP contribution in [-0.4, -0.2) is 42.0 Å². The number of rotatable bonds is 7. The van der Waals surface area contributed by atoms with E-state index in [1.54, 1.807) is 19.4 Å². The minimum Gasteiger partial charge on any atom is -0.383 e. The summed E-state index contributed by atoms with van der Waals surface area (Å²) in [6.45, 7) is 4.26. The molecule has 0 unspecified atom stereocenters. The number of fused-ring (bicyclic) bond motifs is 1. The van der Waals surface area contributed by atoms with Gasteiger partial charge in [0.2, 0.25) is 11.7 Å². The number of aromatic nitrogens is 2. The molecule has 0 spiro atoms. The first-order valence-corrected chi connectivity index (χ1v) is 8.68. The first-order chi connectivity index (χ1) is 13.6. The molecule has 3 rings (SSSR count). The first kappa shape index (κ1) is 19.2. The maximum atomic E-state index is 12.2. The van der Waals surface area contributed by atoms with Gasteiger partial charge in [0.05, 0.1) is 12.1 Å². The van der Waals surface area contributed by atoms with Gasteiger partial charge in [0.1, 0.15) is 0 Å². The molecule has 0 bridgehead atoms. The van der Waals surface area contributed by atoms with Gasteiger partial charge in [-0.05, 0) is 35.4 Å². The molecule has 3 aromatic rings. The van der Waals surface area contributed by atoms with Crippen molar-refractivity contribution in [3.05, 3.63) is 67.1 Å². The van der Waals surface area contributed by atoms with E-state index in [1.807, 2.05) is 36.4 Å². The molecule has 0 aliphatic carbocycles. The summed E-state index contributed by atoms with van der Waals surface area (Å²) in [5.74, 6) is -0.515. The van der Waals surface area contributed by atoms with Crippen LogP contribution in [0.25, 0.3) is 22.0 Å². The highest BCUT2D eigenvalue weighted by Gasteiger charge is 2.10. The molecule has 28 heavy (non-hydrogen) atoms. The van der Waals surface area contributed by atoms with Crippen LogP contribution in [0.3, 0.4) is 0 Å². The Hall–Kier alpha value is -3.58. The molecule has 7 heteroatoms. The van der Waals surface area contributed by atoms with Crippen molar-refractivity contribution < 1.29 is 14.3 Å². The third kappa shape index (κ3) is 4.57. The largest absolute Gasteiger partial charge is 0.383 e. The second-order valence-corrected chi connectivity index (χ2v) is 5.99. The van der Waals surface area contributed by atoms with E-state index in [2.05, 4.69) is 27.2 Å². The third-order valence-electron chi connectivity index (χ3n) is 4.03. The summed E-state index contributed by atoms with van der Waals surface area (Å²) in [6, 6.07) is 13.2. The zero-order valence-corrected chi connectivity index (χ0v) is 15.4. The Morgan fingerprint density at radius 2 is 2.00 bits per heavy atom. The number of methoxy groups -OCH3 is 1. The van der Waals surface area contributed by atoms with E-state index >= 15 is 0 Å². The Balaban J connectivity index is 1.89. The topological polar surface area (TPSA) is 93.2 Å². The number of nitrogens with one attached hydrogen (secondary N) is 2. The summed E-state index contributed by atoms with van der Waals surface area (Å²) in [6.07, 6.45) is 2.84. The van der Waals surface area contributed by atoms with Crippen LogP contribution in [0.1, 0.15) is 10.6 Å². The van der Waals surface area contributed by atoms with Gasteiger partial charge in [0, 0.05) is 30.9 Å². The van der Waals surface area contributed by atoms with Crippen LogP contribution < -0.4 is 10.6 Å². The zero-order chi connectivity index (χ0) is 19.9. The Bertz CT molecular complexity index is 1030. The quantitative estimate of drug-likeness (QED) is 0.489. The number of amides is 2. The number of hydrogen-bond acceptors (Lipinski definition) is 5. The van der Waals surface area contributed by atoms with Crippen LogP contribution >= 0.6 is 0 Å². The van der Waals surface area contributed by atoms with Gasteiger partial charge < -0.3 is 15.4 Å². The average molecular weight is 376 g/mol. The van der Waals surface area contributed by atoms with Gasteiger partial charge >= 0.3 is 0 Å². The molecular formula is C21H20N4O3. The van der Waals surface area contributed by atoms with Crippen LogP contribution in [0.5, 0.6) is 0 Å². The van der Waals surface area contributed by atoms with Gasteiger partial charge in [0.15, 0.2) is 0 Å². The molecule has 0 radical (unpaired) electrons. The van der Waals surface area contributed by atoms with Gasteiger partial charge in [-0.1, -0.05) is 30.8 Å². The van der Waals surface area contributed by atoms with Crippen molar-refractivity contribution in [3.63, 3.8) is 0 Å². The number of carbonyl (C=O) groups is 2. The summed E-state index contributed by atoms with van der Waals surface area (Å²) in [7, 11) is 1.57. The summed E-state index contributed by atoms with van der Waals surface area (Å²) < 4.78 is 4.92. The molecule has 0 fully saturated rings. The molecular weight excluding hydrogens is 356 g/mol. The summed E-state index contributed by atoms with van der Waals surface area (Å²) in [4.78, 5) is 32.2. The molecule has 0 aliphatic rings. The molecule has 1 aromatic heterocycles. The SMILES string of the molecule is C=CC(=O)Nc1cccc(-c2ccc3cnc(C(=O)NCCOC)nc3c2)c1. The highest BCUT2D eigenvalue weighted by atomic mass is 16.5. The van der Waals surface area contributed by atoms with Crippen molar-refractivity contribution in [2.45, 2.75) is 0 Å². The van der Waals surface area contributed by atoms with Gasteiger partial charge in [-0.3, -0.25) is 9.59 Å². The fraction of sp³-hybridized carbons (Fsp3) is 0.143. The van der Waals surface area contributed by atoms with Crippen LogP contribution in [0.4, 0.5) is 5.69 Å². The van der Waals surface area contributed by atoms with E-state index in [1.165, 1.54) is 6.08 Å². The van der Waals surface area contributed by atoms with Crippen molar-refractivity contribution in [3.8, 4) is 11.1 Å². The van der Waals surface area contributed by atoms with Gasteiger partial charge in [-0.15, -0.1) is 0 Å². The zero-order valence-electron chi connectivity index (χ0n) is 15.4. The summed E-state index contributed by atoms with van der Waals surface area (Å²) >= 11 is 0. The summed E-state index contributed by atoms with van der Waals surface area (Å²) in [5, 5.41) is 6.27. The smallest absolute Gasteiger partial charge is 0.289 e. The van der Waals surface area contributed by atoms with Crippen LogP contribution in [0.2, 0.25) is 0 Å². The van der Waals surface area contributed by atoms with E-state index in [0.717, 1.165) is 16.5 Å². The Kier molecular flexibility index (Phi) is 6.08. The van der Waals surface area contributed by atoms with E-state index in [0.29, 0.717) is 24.4 Å². The predicted molar refractivity (Wildman–Crippen MR) is 108 cm³/mol. The molecule has 0 aliphatic heterocycles. The number of carbonyl (C=O) groups excluding carboxylic acids is 2. The number of anilines is 1. The second-order valence-electron chi connectivity index (χ2n) is 5.99. The second kappa shape index (κ2) is 8.88. The highest BCUT2D eigenvalue weighted by molar-refractivity contribution is 5.99. The Morgan fingerprint density at radius 1 is 1.18 bits per heavy atom. The minimum atomic E-state index is -0.349. The molecule has 0 atom stereocenters. The Labute approximate surface area is 162 Å². The maximum absolute atomic E-state index is 12.2. The number of hydrogen-bond donors (Lipinski definition) is 2. The summed E-state index contributed by atoms with van der Waals surface area (Å²) in [5.41, 5.74) is 3.15. The minimum absolute atomic E-state index is 0.104. The van der Waals surface area contributed by atoms with Crippen molar-refractivity contribution in [2.75, 3.05) is 25.6 Å². The molecule has 0 saturated heterocycles. The van der Waals surface area contributed by atoms with Crippen LogP contribution in [0.15, 0.2) is 61.3 Å². The average Bonchev–Trinajstić information content (AvgIpc) is 2.73. The molecule has 0 saturated carbocycles. The van der Waals surface area contributed by atoms with Gasteiger partial charge in [-0.2, -0.15) is 0 Å². The lowest BCUT2D eigenvalue weighted by molar-refractivity contribution is -0.111. The molecule has 2 aromatic carbocycles. The van der Waals surface area contributed by atoms with E-state index in [-0.39, 0.29) is 17.6 Å². The molecule has 142 valence electrons. The van der Waals surface area contributed by atoms with Crippen molar-refractivity contribution in [2.24, 2.45) is 0 Å². The Morgan fingerprint density at radius 3 is 2.79 bits per heavy atom. The maximum Gasteiger partial charge on any atom is 0.289 e. The standard InChI is InChI=1S/C21H20N4O3/c1-3-19(26)24-17-6-4-5-14(11-17)15-7-8-16-13-23-20(25-18(16)12-15)21(27)22-9-10-28-2/h3-8,11-13H,1,9-10H2,2H3,(H,22,27)(H,24,26). The normalized spacial score (nSPS) is 10.5. The number of ether oxygens (including phenoxy) is 1. The number of nitrogens with zero attached hydrogens (tertiary/aromatic N) is 2. The predicted octanol–water partition coefficient (Wildman–Crippen LogP) is 2.80. The van der Waals surface area contributed by atoms with Crippen molar-refractivity contribution >= 4 is 28.4 Å². The van der Waals surface area contributed by atoms with Crippen LogP contribution in [-0.2, 0) is 9.53 Å². The fourth-order valence-corrected chi connectivity index (χ4v) is 2.63. The lowest BCUT2D eigenvalue weighted by Crippen LogP contribution is -2.28. The lowest BCUT2D eigenvalue weighted by atomic mass is 10.0. The van der Waals surface area contributed by atoms with Gasteiger partial charge in [0.25, 0.3) is 5.91 Å². The van der Waals surface area contributed by atoms with E-state index < -0.39 is 0 Å². The fourth-order valence-electron chi connectivity index (χ4n) is 2.63. The molecule has 2 amide bonds. The van der Waals surface area contributed by atoms with Crippen LogP contribution in [0, 0.1) is 0 Å². The van der Waals surface area contributed by atoms with Crippen molar-refractivity contribution in [1.82, 2.24) is 15.3 Å². The number of benzene rings is 2. The molecule has 7 nitrogen and oxygen atoms in total. The van der Waals surface area contributed by atoms with Gasteiger partial charge in [-0.25, -0.2) is 9.97 Å². The molecule has 2 N–H and O–H groups in total. The molecule has 1 heterocycles. The first-order valence-electron chi connectivity index (χ1n) is 8.68. The van der Waals surface area contributed by atoms with Crippen molar-refractivity contribution in [1.29, 1.82) is 0 Å². The van der Waals surface area contributed by atoms with E-state index in [9.17, 15) is 9.59 Å².